The molecule has 146 valence electrons. The normalized spacial score (nSPS) is 17.9. The van der Waals surface area contributed by atoms with Crippen LogP contribution in [0.2, 0.25) is 0 Å². The highest BCUT2D eigenvalue weighted by atomic mass is 19.1. The first-order valence-electron chi connectivity index (χ1n) is 9.37. The summed E-state index contributed by atoms with van der Waals surface area (Å²) in [5.74, 6) is 0.963. The Kier molecular flexibility index (Phi) is 4.99. The summed E-state index contributed by atoms with van der Waals surface area (Å²) in [6.45, 7) is 4.15. The van der Waals surface area contributed by atoms with E-state index < -0.39 is 12.3 Å². The van der Waals surface area contributed by atoms with E-state index >= 15 is 0 Å². The fraction of sp³-hybridized carbons (Fsp3) is 0.421. The molecule has 8 nitrogen and oxygen atoms in total. The van der Waals surface area contributed by atoms with Crippen LogP contribution in [-0.2, 0) is 13.0 Å². The Morgan fingerprint density at radius 2 is 2.18 bits per heavy atom. The Balaban J connectivity index is 1.75. The first-order chi connectivity index (χ1) is 13.6. The summed E-state index contributed by atoms with van der Waals surface area (Å²) in [5.41, 5.74) is 2.81. The number of aromatic nitrogens is 6. The average molecular weight is 383 g/mol. The highest BCUT2D eigenvalue weighted by Gasteiger charge is 2.23. The molecular weight excluding hydrogens is 361 g/mol. The Morgan fingerprint density at radius 3 is 2.93 bits per heavy atom. The maximum absolute atomic E-state index is 14.3. The van der Waals surface area contributed by atoms with Crippen molar-refractivity contribution in [1.29, 1.82) is 0 Å². The number of rotatable bonds is 6. The molecule has 1 N–H and O–H groups in total. The largest absolute Gasteiger partial charge is 0.385 e. The standard InChI is InChI=1S/C19H22FN7O/c1-3-5-13-15(23-11-27-17(12(2)28)24-25-18(13)27)10-26-9-8-22-19(26)16-14(20)6-4-7-21-16/h4,7-9,11-12,14,28H,3,5-6,10H2,1-2H3. The molecule has 0 bridgehead atoms. The number of nitrogens with zero attached hydrogens (tertiary/aromatic N) is 7. The zero-order valence-electron chi connectivity index (χ0n) is 15.8. The second kappa shape index (κ2) is 7.59. The quantitative estimate of drug-likeness (QED) is 0.706. The van der Waals surface area contributed by atoms with Gasteiger partial charge in [0.25, 0.3) is 0 Å². The summed E-state index contributed by atoms with van der Waals surface area (Å²) in [7, 11) is 0. The number of imidazole rings is 1. The van der Waals surface area contributed by atoms with Crippen LogP contribution in [0.4, 0.5) is 4.39 Å². The van der Waals surface area contributed by atoms with Gasteiger partial charge in [-0.1, -0.05) is 19.4 Å². The van der Waals surface area contributed by atoms with Gasteiger partial charge in [0.05, 0.1) is 12.2 Å². The number of hydrogen-bond donors (Lipinski definition) is 1. The molecule has 0 saturated heterocycles. The summed E-state index contributed by atoms with van der Waals surface area (Å²) in [5, 5.41) is 18.3. The van der Waals surface area contributed by atoms with Crippen LogP contribution in [-0.4, -0.2) is 46.1 Å². The van der Waals surface area contributed by atoms with Gasteiger partial charge in [-0.25, -0.2) is 14.4 Å². The maximum Gasteiger partial charge on any atom is 0.167 e. The Morgan fingerprint density at radius 1 is 1.32 bits per heavy atom. The minimum Gasteiger partial charge on any atom is -0.385 e. The molecule has 3 aromatic rings. The van der Waals surface area contributed by atoms with E-state index in [-0.39, 0.29) is 0 Å². The Hall–Kier alpha value is -2.94. The van der Waals surface area contributed by atoms with Crippen molar-refractivity contribution in [2.75, 3.05) is 0 Å². The Labute approximate surface area is 161 Å². The number of aliphatic hydroxyl groups excluding tert-OH is 1. The molecule has 0 aliphatic carbocycles. The van der Waals surface area contributed by atoms with Gasteiger partial charge in [-0.05, 0) is 13.3 Å². The van der Waals surface area contributed by atoms with Gasteiger partial charge >= 0.3 is 0 Å². The summed E-state index contributed by atoms with van der Waals surface area (Å²) in [4.78, 5) is 13.1. The van der Waals surface area contributed by atoms with Crippen LogP contribution in [0, 0.1) is 0 Å². The van der Waals surface area contributed by atoms with E-state index in [0.29, 0.717) is 36.0 Å². The lowest BCUT2D eigenvalue weighted by Crippen LogP contribution is -2.23. The summed E-state index contributed by atoms with van der Waals surface area (Å²) in [6.07, 6.45) is 8.47. The lowest BCUT2D eigenvalue weighted by Gasteiger charge is -2.16. The average Bonchev–Trinajstić information content (AvgIpc) is 3.31. The molecule has 1 aliphatic heterocycles. The third kappa shape index (κ3) is 3.22. The molecule has 2 unspecified atom stereocenters. The minimum absolute atomic E-state index is 0.304. The molecule has 0 aromatic carbocycles. The van der Waals surface area contributed by atoms with E-state index in [1.54, 1.807) is 42.3 Å². The molecular formula is C19H22FN7O. The SMILES string of the molecule is CCCc1c(Cn2ccnc2C2=NC=CCC2F)ncn2c(C(C)O)nnc12. The smallest absolute Gasteiger partial charge is 0.167 e. The molecule has 0 amide bonds. The van der Waals surface area contributed by atoms with Gasteiger partial charge in [0, 0.05) is 30.6 Å². The van der Waals surface area contributed by atoms with Crippen LogP contribution in [0.5, 0.6) is 0 Å². The lowest BCUT2D eigenvalue weighted by atomic mass is 10.1. The van der Waals surface area contributed by atoms with Gasteiger partial charge in [-0.2, -0.15) is 0 Å². The van der Waals surface area contributed by atoms with Crippen molar-refractivity contribution in [3.05, 3.63) is 53.9 Å². The van der Waals surface area contributed by atoms with Crippen LogP contribution >= 0.6 is 0 Å². The molecule has 2 atom stereocenters. The number of fused-ring (bicyclic) bond motifs is 1. The molecule has 0 fully saturated rings. The summed E-state index contributed by atoms with van der Waals surface area (Å²) < 4.78 is 17.9. The van der Waals surface area contributed by atoms with Gasteiger partial charge in [-0.15, -0.1) is 10.2 Å². The first kappa shape index (κ1) is 18.4. The Bertz CT molecular complexity index is 1050. The van der Waals surface area contributed by atoms with Crippen molar-refractivity contribution in [1.82, 2.24) is 29.1 Å². The third-order valence-corrected chi connectivity index (χ3v) is 4.77. The molecule has 28 heavy (non-hydrogen) atoms. The molecule has 4 heterocycles. The van der Waals surface area contributed by atoms with Gasteiger partial charge in [0.2, 0.25) is 0 Å². The van der Waals surface area contributed by atoms with Gasteiger partial charge in [0.1, 0.15) is 24.3 Å². The van der Waals surface area contributed by atoms with E-state index in [1.165, 1.54) is 0 Å². The fourth-order valence-corrected chi connectivity index (χ4v) is 3.42. The zero-order chi connectivity index (χ0) is 19.7. The number of halogens is 1. The number of aliphatic imine (C=N–C) groups is 1. The predicted molar refractivity (Wildman–Crippen MR) is 102 cm³/mol. The highest BCUT2D eigenvalue weighted by Crippen LogP contribution is 2.21. The van der Waals surface area contributed by atoms with Crippen LogP contribution in [0.1, 0.15) is 55.7 Å². The monoisotopic (exact) mass is 383 g/mol. The molecule has 0 saturated carbocycles. The molecule has 9 heteroatoms. The van der Waals surface area contributed by atoms with E-state index in [2.05, 4.69) is 32.1 Å². The van der Waals surface area contributed by atoms with Crippen LogP contribution in [0.15, 0.2) is 36.0 Å². The second-order valence-electron chi connectivity index (χ2n) is 6.83. The van der Waals surface area contributed by atoms with E-state index in [9.17, 15) is 9.50 Å². The topological polar surface area (TPSA) is 93.5 Å². The van der Waals surface area contributed by atoms with Crippen LogP contribution in [0.25, 0.3) is 5.65 Å². The van der Waals surface area contributed by atoms with Gasteiger partial charge in [0.15, 0.2) is 17.3 Å². The molecule has 0 radical (unpaired) electrons. The molecule has 1 aliphatic rings. The maximum atomic E-state index is 14.3. The number of aryl methyl sites for hydroxylation is 1. The minimum atomic E-state index is -1.17. The van der Waals surface area contributed by atoms with Crippen molar-refractivity contribution in [2.24, 2.45) is 4.99 Å². The van der Waals surface area contributed by atoms with Crippen molar-refractivity contribution < 1.29 is 9.50 Å². The first-order valence-corrected chi connectivity index (χ1v) is 9.37. The summed E-state index contributed by atoms with van der Waals surface area (Å²) >= 11 is 0. The molecule has 0 spiro atoms. The van der Waals surface area contributed by atoms with Crippen LogP contribution < -0.4 is 0 Å². The summed E-state index contributed by atoms with van der Waals surface area (Å²) in [6, 6.07) is 0. The number of allylic oxidation sites excluding steroid dienone is 1. The lowest BCUT2D eigenvalue weighted by molar-refractivity contribution is 0.187. The van der Waals surface area contributed by atoms with Crippen molar-refractivity contribution >= 4 is 11.4 Å². The van der Waals surface area contributed by atoms with Gasteiger partial charge < -0.3 is 9.67 Å². The van der Waals surface area contributed by atoms with E-state index in [4.69, 9.17) is 0 Å². The van der Waals surface area contributed by atoms with E-state index in [0.717, 1.165) is 24.1 Å². The van der Waals surface area contributed by atoms with Crippen LogP contribution in [0.3, 0.4) is 0 Å². The number of aliphatic hydroxyl groups is 1. The highest BCUT2D eigenvalue weighted by molar-refractivity contribution is 6.02. The molecule has 3 aromatic heterocycles. The van der Waals surface area contributed by atoms with Crippen molar-refractivity contribution in [3.63, 3.8) is 0 Å². The number of alkyl halides is 1. The second-order valence-corrected chi connectivity index (χ2v) is 6.83. The van der Waals surface area contributed by atoms with Gasteiger partial charge in [-0.3, -0.25) is 9.39 Å². The van der Waals surface area contributed by atoms with E-state index in [1.807, 2.05) is 4.57 Å². The van der Waals surface area contributed by atoms with Crippen molar-refractivity contribution in [3.8, 4) is 0 Å². The fourth-order valence-electron chi connectivity index (χ4n) is 3.42. The predicted octanol–water partition coefficient (Wildman–Crippen LogP) is 2.42. The zero-order valence-corrected chi connectivity index (χ0v) is 15.8. The third-order valence-electron chi connectivity index (χ3n) is 4.77. The number of hydrogen-bond acceptors (Lipinski definition) is 6. The van der Waals surface area contributed by atoms with Crippen molar-refractivity contribution in [2.45, 2.75) is 51.9 Å². The molecule has 4 rings (SSSR count).